The van der Waals surface area contributed by atoms with Gasteiger partial charge in [-0.1, -0.05) is 13.8 Å². The molecule has 0 aromatic carbocycles. The number of likely N-dealkylation sites (N-methyl/N-ethyl adjacent to an activating group) is 1. The average Bonchev–Trinajstić information content (AvgIpc) is 2.94. The van der Waals surface area contributed by atoms with Crippen LogP contribution in [0.3, 0.4) is 0 Å². The molecule has 0 radical (unpaired) electrons. The van der Waals surface area contributed by atoms with E-state index in [0.717, 1.165) is 25.5 Å². The maximum absolute atomic E-state index is 5.74. The van der Waals surface area contributed by atoms with Gasteiger partial charge in [0.15, 0.2) is 0 Å². The van der Waals surface area contributed by atoms with Crippen LogP contribution in [0.5, 0.6) is 0 Å². The fourth-order valence-electron chi connectivity index (χ4n) is 1.51. The monoisotopic (exact) mass is 185 g/mol. The van der Waals surface area contributed by atoms with Crippen LogP contribution in [0.15, 0.2) is 0 Å². The van der Waals surface area contributed by atoms with E-state index in [1.165, 1.54) is 12.8 Å². The third-order valence-electron chi connectivity index (χ3n) is 2.79. The molecule has 2 atom stereocenters. The van der Waals surface area contributed by atoms with Crippen molar-refractivity contribution in [2.75, 3.05) is 13.2 Å². The molecule has 2 unspecified atom stereocenters. The van der Waals surface area contributed by atoms with Crippen LogP contribution in [0.2, 0.25) is 0 Å². The van der Waals surface area contributed by atoms with E-state index in [4.69, 9.17) is 4.74 Å². The lowest BCUT2D eigenvalue weighted by Gasteiger charge is -2.19. The zero-order chi connectivity index (χ0) is 9.68. The molecule has 0 aliphatic heterocycles. The van der Waals surface area contributed by atoms with Gasteiger partial charge in [0.2, 0.25) is 0 Å². The van der Waals surface area contributed by atoms with Gasteiger partial charge in [0, 0.05) is 6.04 Å². The lowest BCUT2D eigenvalue weighted by Crippen LogP contribution is -2.36. The first-order valence-electron chi connectivity index (χ1n) is 5.62. The summed E-state index contributed by atoms with van der Waals surface area (Å²) >= 11 is 0. The zero-order valence-corrected chi connectivity index (χ0v) is 9.18. The minimum Gasteiger partial charge on any atom is -0.377 e. The molecule has 1 fully saturated rings. The van der Waals surface area contributed by atoms with Crippen molar-refractivity contribution < 1.29 is 4.74 Å². The van der Waals surface area contributed by atoms with Gasteiger partial charge in [0.1, 0.15) is 0 Å². The van der Waals surface area contributed by atoms with E-state index < -0.39 is 0 Å². The second-order valence-corrected chi connectivity index (χ2v) is 4.05. The molecule has 0 saturated heterocycles. The van der Waals surface area contributed by atoms with Gasteiger partial charge in [-0.3, -0.25) is 0 Å². The molecule has 0 aromatic rings. The van der Waals surface area contributed by atoms with Crippen molar-refractivity contribution in [2.24, 2.45) is 5.92 Å². The van der Waals surface area contributed by atoms with Crippen LogP contribution < -0.4 is 5.32 Å². The molecule has 1 saturated carbocycles. The second kappa shape index (κ2) is 5.61. The first kappa shape index (κ1) is 11.0. The first-order chi connectivity index (χ1) is 6.27. The molecule has 0 heterocycles. The Bertz CT molecular complexity index is 134. The third-order valence-corrected chi connectivity index (χ3v) is 2.79. The van der Waals surface area contributed by atoms with Crippen LogP contribution in [0.1, 0.15) is 40.0 Å². The summed E-state index contributed by atoms with van der Waals surface area (Å²) < 4.78 is 5.74. The summed E-state index contributed by atoms with van der Waals surface area (Å²) in [6.07, 6.45) is 4.31. The Morgan fingerprint density at radius 1 is 1.38 bits per heavy atom. The van der Waals surface area contributed by atoms with Crippen molar-refractivity contribution in [1.82, 2.24) is 5.32 Å². The highest BCUT2D eigenvalue weighted by molar-refractivity contribution is 4.86. The van der Waals surface area contributed by atoms with Gasteiger partial charge >= 0.3 is 0 Å². The van der Waals surface area contributed by atoms with Gasteiger partial charge in [-0.2, -0.15) is 0 Å². The largest absolute Gasteiger partial charge is 0.377 e. The molecule has 0 bridgehead atoms. The summed E-state index contributed by atoms with van der Waals surface area (Å²) in [6.45, 7) is 8.44. The summed E-state index contributed by atoms with van der Waals surface area (Å²) in [5.41, 5.74) is 0. The Labute approximate surface area is 82.0 Å². The maximum atomic E-state index is 5.74. The minimum absolute atomic E-state index is 0.417. The van der Waals surface area contributed by atoms with Crippen LogP contribution in [-0.4, -0.2) is 25.3 Å². The van der Waals surface area contributed by atoms with Crippen LogP contribution in [-0.2, 0) is 4.74 Å². The molecular formula is C11H23NO. The molecule has 0 spiro atoms. The highest BCUT2D eigenvalue weighted by Crippen LogP contribution is 2.32. The van der Waals surface area contributed by atoms with Gasteiger partial charge in [-0.15, -0.1) is 0 Å². The lowest BCUT2D eigenvalue weighted by molar-refractivity contribution is 0.0439. The Kier molecular flexibility index (Phi) is 4.74. The molecule has 1 N–H and O–H groups in total. The SMILES string of the molecule is CCNC(COC(C)CC)C1CC1. The Balaban J connectivity index is 2.14. The van der Waals surface area contributed by atoms with Crippen LogP contribution >= 0.6 is 0 Å². The smallest absolute Gasteiger partial charge is 0.0625 e. The van der Waals surface area contributed by atoms with Crippen molar-refractivity contribution in [3.8, 4) is 0 Å². The molecule has 78 valence electrons. The van der Waals surface area contributed by atoms with Crippen molar-refractivity contribution in [3.05, 3.63) is 0 Å². The molecule has 13 heavy (non-hydrogen) atoms. The summed E-state index contributed by atoms with van der Waals surface area (Å²) in [6, 6.07) is 0.610. The Morgan fingerprint density at radius 2 is 2.08 bits per heavy atom. The highest BCUT2D eigenvalue weighted by Gasteiger charge is 2.30. The van der Waals surface area contributed by atoms with Crippen molar-refractivity contribution >= 4 is 0 Å². The molecule has 2 nitrogen and oxygen atoms in total. The van der Waals surface area contributed by atoms with Crippen molar-refractivity contribution in [2.45, 2.75) is 52.2 Å². The van der Waals surface area contributed by atoms with E-state index in [1.807, 2.05) is 0 Å². The topological polar surface area (TPSA) is 21.3 Å². The molecule has 0 amide bonds. The Hall–Kier alpha value is -0.0800. The standard InChI is InChI=1S/C11H23NO/c1-4-9(3)13-8-11(12-5-2)10-6-7-10/h9-12H,4-8H2,1-3H3. The molecule has 1 aliphatic rings. The zero-order valence-electron chi connectivity index (χ0n) is 9.18. The molecule has 1 rings (SSSR count). The van der Waals surface area contributed by atoms with Gasteiger partial charge < -0.3 is 10.1 Å². The summed E-state index contributed by atoms with van der Waals surface area (Å²) in [4.78, 5) is 0. The first-order valence-corrected chi connectivity index (χ1v) is 5.62. The predicted molar refractivity (Wildman–Crippen MR) is 55.9 cm³/mol. The van der Waals surface area contributed by atoms with Crippen LogP contribution in [0.4, 0.5) is 0 Å². The predicted octanol–water partition coefficient (Wildman–Crippen LogP) is 2.19. The highest BCUT2D eigenvalue weighted by atomic mass is 16.5. The number of ether oxygens (including phenoxy) is 1. The van der Waals surface area contributed by atoms with E-state index in [1.54, 1.807) is 0 Å². The van der Waals surface area contributed by atoms with Gasteiger partial charge in [0.05, 0.1) is 12.7 Å². The molecule has 0 aromatic heterocycles. The quantitative estimate of drug-likeness (QED) is 0.656. The third kappa shape index (κ3) is 4.10. The number of rotatable bonds is 7. The van der Waals surface area contributed by atoms with Crippen molar-refractivity contribution in [1.29, 1.82) is 0 Å². The van der Waals surface area contributed by atoms with E-state index in [-0.39, 0.29) is 0 Å². The maximum Gasteiger partial charge on any atom is 0.0625 e. The van der Waals surface area contributed by atoms with E-state index in [0.29, 0.717) is 12.1 Å². The number of hydrogen-bond acceptors (Lipinski definition) is 2. The van der Waals surface area contributed by atoms with Gasteiger partial charge in [-0.25, -0.2) is 0 Å². The average molecular weight is 185 g/mol. The second-order valence-electron chi connectivity index (χ2n) is 4.05. The summed E-state index contributed by atoms with van der Waals surface area (Å²) in [5, 5.41) is 3.50. The fraction of sp³-hybridized carbons (Fsp3) is 1.00. The molecule has 1 aliphatic carbocycles. The van der Waals surface area contributed by atoms with Crippen LogP contribution in [0, 0.1) is 5.92 Å². The minimum atomic E-state index is 0.417. The van der Waals surface area contributed by atoms with E-state index in [2.05, 4.69) is 26.1 Å². The number of nitrogens with one attached hydrogen (secondary N) is 1. The van der Waals surface area contributed by atoms with Crippen molar-refractivity contribution in [3.63, 3.8) is 0 Å². The number of hydrogen-bond donors (Lipinski definition) is 1. The van der Waals surface area contributed by atoms with Crippen LogP contribution in [0.25, 0.3) is 0 Å². The summed E-state index contributed by atoms with van der Waals surface area (Å²) in [7, 11) is 0. The molecular weight excluding hydrogens is 162 g/mol. The van der Waals surface area contributed by atoms with Gasteiger partial charge in [0.25, 0.3) is 0 Å². The Morgan fingerprint density at radius 3 is 2.54 bits per heavy atom. The van der Waals surface area contributed by atoms with Gasteiger partial charge in [-0.05, 0) is 38.6 Å². The normalized spacial score (nSPS) is 21.5. The fourth-order valence-corrected chi connectivity index (χ4v) is 1.51. The molecule has 2 heteroatoms. The van der Waals surface area contributed by atoms with E-state index >= 15 is 0 Å². The summed E-state index contributed by atoms with van der Waals surface area (Å²) in [5.74, 6) is 0.893. The van der Waals surface area contributed by atoms with E-state index in [9.17, 15) is 0 Å². The lowest BCUT2D eigenvalue weighted by atomic mass is 10.2.